The van der Waals surface area contributed by atoms with Crippen molar-refractivity contribution in [3.63, 3.8) is 0 Å². The number of thiocarbonyl (C=S) groups is 1. The fourth-order valence-electron chi connectivity index (χ4n) is 2.73. The zero-order valence-electron chi connectivity index (χ0n) is 9.79. The van der Waals surface area contributed by atoms with Crippen LogP contribution >= 0.6 is 24.0 Å². The van der Waals surface area contributed by atoms with Crippen LogP contribution in [-0.4, -0.2) is 27.1 Å². The highest BCUT2D eigenvalue weighted by Crippen LogP contribution is 2.47. The molecule has 0 aromatic heterocycles. The van der Waals surface area contributed by atoms with Gasteiger partial charge in [-0.25, -0.2) is 0 Å². The highest BCUT2D eigenvalue weighted by Gasteiger charge is 2.44. The molecule has 1 saturated heterocycles. The molecule has 1 nitrogen and oxygen atoms in total. The van der Waals surface area contributed by atoms with Crippen LogP contribution < -0.4 is 0 Å². The molecule has 2 rings (SSSR count). The van der Waals surface area contributed by atoms with Crippen LogP contribution in [0.1, 0.15) is 46.0 Å². The van der Waals surface area contributed by atoms with Crippen molar-refractivity contribution in [1.82, 2.24) is 4.90 Å². The topological polar surface area (TPSA) is 3.24 Å². The van der Waals surface area contributed by atoms with Gasteiger partial charge in [0, 0.05) is 12.3 Å². The van der Waals surface area contributed by atoms with E-state index in [1.165, 1.54) is 37.1 Å². The third kappa shape index (κ3) is 2.33. The maximum absolute atomic E-state index is 5.52. The van der Waals surface area contributed by atoms with Gasteiger partial charge in [-0.1, -0.05) is 45.3 Å². The van der Waals surface area contributed by atoms with E-state index in [2.05, 4.69) is 30.5 Å². The maximum Gasteiger partial charge on any atom is 0.0891 e. The normalized spacial score (nSPS) is 25.5. The van der Waals surface area contributed by atoms with Crippen LogP contribution in [0.25, 0.3) is 0 Å². The van der Waals surface area contributed by atoms with Gasteiger partial charge >= 0.3 is 0 Å². The minimum absolute atomic E-state index is 0.402. The van der Waals surface area contributed by atoms with Crippen molar-refractivity contribution in [2.45, 2.75) is 50.8 Å². The second kappa shape index (κ2) is 4.62. The average molecular weight is 243 g/mol. The van der Waals surface area contributed by atoms with Gasteiger partial charge in [-0.15, -0.1) is 11.8 Å². The predicted molar refractivity (Wildman–Crippen MR) is 72.4 cm³/mol. The van der Waals surface area contributed by atoms with Crippen molar-refractivity contribution in [1.29, 1.82) is 0 Å². The fourth-order valence-corrected chi connectivity index (χ4v) is 4.68. The molecule has 3 heteroatoms. The zero-order chi connectivity index (χ0) is 10.9. The average Bonchev–Trinajstić information content (AvgIpc) is 2.48. The van der Waals surface area contributed by atoms with Crippen molar-refractivity contribution < 1.29 is 0 Å². The Morgan fingerprint density at radius 2 is 2.00 bits per heavy atom. The van der Waals surface area contributed by atoms with Gasteiger partial charge in [-0.05, 0) is 18.8 Å². The summed E-state index contributed by atoms with van der Waals surface area (Å²) < 4.78 is 0. The van der Waals surface area contributed by atoms with Crippen LogP contribution in [0.15, 0.2) is 0 Å². The van der Waals surface area contributed by atoms with Crippen molar-refractivity contribution >= 4 is 29.0 Å². The summed E-state index contributed by atoms with van der Waals surface area (Å²) in [6.07, 6.45) is 6.91. The second-order valence-corrected chi connectivity index (χ2v) is 7.00. The smallest absolute Gasteiger partial charge is 0.0891 e. The summed E-state index contributed by atoms with van der Waals surface area (Å²) in [4.78, 5) is 4.16. The van der Waals surface area contributed by atoms with Crippen LogP contribution in [-0.2, 0) is 0 Å². The third-order valence-electron chi connectivity index (χ3n) is 3.44. The highest BCUT2D eigenvalue weighted by atomic mass is 32.2. The number of thioether (sulfide) groups is 1. The summed E-state index contributed by atoms with van der Waals surface area (Å²) >= 11 is 7.63. The number of rotatable bonds is 2. The molecule has 0 aromatic carbocycles. The van der Waals surface area contributed by atoms with Crippen molar-refractivity contribution in [2.24, 2.45) is 5.92 Å². The first-order chi connectivity index (χ1) is 7.14. The zero-order valence-corrected chi connectivity index (χ0v) is 11.4. The molecule has 1 aliphatic heterocycles. The standard InChI is InChI=1S/C12H21NS2/c1-10(2)8-13-11(14)9-15-12(13)6-4-3-5-7-12/h10H,3-9H2,1-2H3. The number of nitrogens with zero attached hydrogens (tertiary/aromatic N) is 1. The van der Waals surface area contributed by atoms with Gasteiger partial charge in [0.15, 0.2) is 0 Å². The Balaban J connectivity index is 2.11. The van der Waals surface area contributed by atoms with Gasteiger partial charge in [-0.2, -0.15) is 0 Å². The van der Waals surface area contributed by atoms with Gasteiger partial charge < -0.3 is 4.90 Å². The molecule has 1 spiro atoms. The van der Waals surface area contributed by atoms with E-state index in [0.717, 1.165) is 18.2 Å². The molecule has 1 heterocycles. The van der Waals surface area contributed by atoms with E-state index in [9.17, 15) is 0 Å². The Labute approximate surface area is 103 Å². The lowest BCUT2D eigenvalue weighted by Gasteiger charge is -2.42. The van der Waals surface area contributed by atoms with Crippen molar-refractivity contribution in [3.8, 4) is 0 Å². The summed E-state index contributed by atoms with van der Waals surface area (Å²) in [5.74, 6) is 1.81. The van der Waals surface area contributed by atoms with Crippen LogP contribution in [0, 0.1) is 5.92 Å². The van der Waals surface area contributed by atoms with E-state index in [-0.39, 0.29) is 0 Å². The Morgan fingerprint density at radius 1 is 1.33 bits per heavy atom. The van der Waals surface area contributed by atoms with E-state index in [1.807, 2.05) is 0 Å². The summed E-state index contributed by atoms with van der Waals surface area (Å²) in [6.45, 7) is 5.75. The number of hydrogen-bond donors (Lipinski definition) is 0. The first-order valence-electron chi connectivity index (χ1n) is 6.08. The van der Waals surface area contributed by atoms with E-state index in [4.69, 9.17) is 12.2 Å². The van der Waals surface area contributed by atoms with E-state index in [1.54, 1.807) is 0 Å². The molecule has 15 heavy (non-hydrogen) atoms. The van der Waals surface area contributed by atoms with Gasteiger partial charge in [0.05, 0.1) is 9.86 Å². The monoisotopic (exact) mass is 243 g/mol. The largest absolute Gasteiger partial charge is 0.351 e. The summed E-state index contributed by atoms with van der Waals surface area (Å²) in [5, 5.41) is 0. The Bertz CT molecular complexity index is 244. The van der Waals surface area contributed by atoms with Crippen LogP contribution in [0.5, 0.6) is 0 Å². The van der Waals surface area contributed by atoms with Gasteiger partial charge in [-0.3, -0.25) is 0 Å². The molecule has 0 atom stereocenters. The Kier molecular flexibility index (Phi) is 3.61. The molecule has 1 saturated carbocycles. The summed E-state index contributed by atoms with van der Waals surface area (Å²) in [7, 11) is 0. The van der Waals surface area contributed by atoms with Crippen molar-refractivity contribution in [2.75, 3.05) is 12.3 Å². The van der Waals surface area contributed by atoms with Gasteiger partial charge in [0.1, 0.15) is 0 Å². The molecule has 0 N–H and O–H groups in total. The third-order valence-corrected chi connectivity index (χ3v) is 5.57. The molecular weight excluding hydrogens is 222 g/mol. The second-order valence-electron chi connectivity index (χ2n) is 5.19. The lowest BCUT2D eigenvalue weighted by molar-refractivity contribution is 0.203. The molecule has 0 unspecified atom stereocenters. The molecule has 0 aromatic rings. The molecule has 2 aliphatic rings. The lowest BCUT2D eigenvalue weighted by Crippen LogP contribution is -2.46. The van der Waals surface area contributed by atoms with E-state index >= 15 is 0 Å². The van der Waals surface area contributed by atoms with Crippen LogP contribution in [0.4, 0.5) is 0 Å². The molecule has 0 bridgehead atoms. The minimum Gasteiger partial charge on any atom is -0.351 e. The SMILES string of the molecule is CC(C)CN1C(=S)CSC12CCCCC2. The molecule has 0 amide bonds. The molecule has 0 radical (unpaired) electrons. The summed E-state index contributed by atoms with van der Waals surface area (Å²) in [6, 6.07) is 0. The van der Waals surface area contributed by atoms with Crippen LogP contribution in [0.3, 0.4) is 0 Å². The first kappa shape index (κ1) is 11.7. The Hall–Kier alpha value is 0.240. The summed E-state index contributed by atoms with van der Waals surface area (Å²) in [5.41, 5.74) is 0. The van der Waals surface area contributed by atoms with Gasteiger partial charge in [0.2, 0.25) is 0 Å². The Morgan fingerprint density at radius 3 is 2.60 bits per heavy atom. The fraction of sp³-hybridized carbons (Fsp3) is 0.917. The first-order valence-corrected chi connectivity index (χ1v) is 7.48. The maximum atomic E-state index is 5.52. The highest BCUT2D eigenvalue weighted by molar-refractivity contribution is 8.03. The van der Waals surface area contributed by atoms with Crippen molar-refractivity contribution in [3.05, 3.63) is 0 Å². The van der Waals surface area contributed by atoms with Crippen LogP contribution in [0.2, 0.25) is 0 Å². The lowest BCUT2D eigenvalue weighted by atomic mass is 9.93. The molecule has 1 aliphatic carbocycles. The molecular formula is C12H21NS2. The van der Waals surface area contributed by atoms with Gasteiger partial charge in [0.25, 0.3) is 0 Å². The minimum atomic E-state index is 0.402. The predicted octanol–water partition coefficient (Wildman–Crippen LogP) is 3.68. The molecule has 2 fully saturated rings. The van der Waals surface area contributed by atoms with E-state index < -0.39 is 0 Å². The molecule has 86 valence electrons. The van der Waals surface area contributed by atoms with E-state index in [0.29, 0.717) is 4.87 Å². The number of hydrogen-bond acceptors (Lipinski definition) is 2. The quantitative estimate of drug-likeness (QED) is 0.681.